The molecule has 1 aliphatic heterocycles. The third-order valence-corrected chi connectivity index (χ3v) is 13.5. The smallest absolute Gasteiger partial charge is 0.165 e. The zero-order valence-corrected chi connectivity index (χ0v) is 34.7. The van der Waals surface area contributed by atoms with Gasteiger partial charge in [-0.1, -0.05) is 182 Å². The van der Waals surface area contributed by atoms with E-state index in [1.807, 2.05) is 0 Å². The number of fused-ring (bicyclic) bond motifs is 8. The third kappa shape index (κ3) is 5.76. The molecule has 1 aliphatic rings. The molecule has 0 saturated carbocycles. The molecule has 0 bridgehead atoms. The molecule has 6 heteroatoms. The number of hydrogen-bond donors (Lipinski definition) is 0. The van der Waals surface area contributed by atoms with Gasteiger partial charge in [-0.05, 0) is 75.5 Å². The fourth-order valence-electron chi connectivity index (χ4n) is 9.39. The molecule has 0 amide bonds. The van der Waals surface area contributed by atoms with Crippen LogP contribution in [-0.2, 0) is 0 Å². The van der Waals surface area contributed by atoms with Gasteiger partial charge in [0.2, 0.25) is 0 Å². The van der Waals surface area contributed by atoms with E-state index in [1.165, 1.54) is 48.6 Å². The van der Waals surface area contributed by atoms with Crippen molar-refractivity contribution in [1.82, 2.24) is 24.1 Å². The van der Waals surface area contributed by atoms with Crippen molar-refractivity contribution in [2.24, 2.45) is 0 Å². The molecule has 0 radical (unpaired) electrons. The van der Waals surface area contributed by atoms with Crippen molar-refractivity contribution in [3.8, 4) is 67.8 Å². The summed E-state index contributed by atoms with van der Waals surface area (Å²) in [6, 6.07) is 75.4. The second-order valence-corrected chi connectivity index (χ2v) is 17.1. The minimum absolute atomic E-state index is 0.628. The molecule has 5 nitrogen and oxygen atoms in total. The first-order valence-corrected chi connectivity index (χ1v) is 22.0. The average Bonchev–Trinajstić information content (AvgIpc) is 3.88. The van der Waals surface area contributed by atoms with Crippen molar-refractivity contribution in [3.05, 3.63) is 212 Å². The zero-order valence-electron chi connectivity index (χ0n) is 33.9. The number of aromatic nitrogens is 5. The first-order chi connectivity index (χ1) is 31.2. The van der Waals surface area contributed by atoms with E-state index in [9.17, 15) is 0 Å². The van der Waals surface area contributed by atoms with Crippen LogP contribution in [-0.4, -0.2) is 24.1 Å². The standard InChI is InChI=1S/C57H35N5S/c1-3-13-36(14-4-1)38-25-27-39(28-26-38)40-29-32-41(33-30-40)54-58-55(43-34-31-37-15-7-8-16-42(37)35-43)60-56(59-54)47-21-11-23-49-53(47)63-50-24-12-20-46-51-45-19-9-10-22-48(45)61(44-17-5-2-6-18-44)57(51)62(49)52(46)50/h1-35H. The first kappa shape index (κ1) is 35.7. The highest BCUT2D eigenvalue weighted by Crippen LogP contribution is 2.51. The summed E-state index contributed by atoms with van der Waals surface area (Å²) in [5.41, 5.74) is 13.3. The van der Waals surface area contributed by atoms with Crippen molar-refractivity contribution < 1.29 is 0 Å². The van der Waals surface area contributed by atoms with Crippen LogP contribution in [0.2, 0.25) is 0 Å². The predicted octanol–water partition coefficient (Wildman–Crippen LogP) is 14.9. The van der Waals surface area contributed by atoms with E-state index in [4.69, 9.17) is 15.0 Å². The van der Waals surface area contributed by atoms with E-state index in [1.54, 1.807) is 11.8 Å². The molecule has 0 N–H and O–H groups in total. The Hall–Kier alpha value is -8.06. The molecule has 0 spiro atoms. The van der Waals surface area contributed by atoms with Crippen LogP contribution in [0.15, 0.2) is 222 Å². The average molecular weight is 822 g/mol. The summed E-state index contributed by atoms with van der Waals surface area (Å²) in [6.45, 7) is 0. The van der Waals surface area contributed by atoms with Crippen LogP contribution in [0.5, 0.6) is 0 Å². The molecule has 0 atom stereocenters. The molecule has 63 heavy (non-hydrogen) atoms. The summed E-state index contributed by atoms with van der Waals surface area (Å²) in [5, 5.41) is 6.04. The van der Waals surface area contributed by atoms with Gasteiger partial charge in [-0.25, -0.2) is 15.0 Å². The van der Waals surface area contributed by atoms with E-state index in [0.717, 1.165) is 55.1 Å². The number of nitrogens with zero attached hydrogens (tertiary/aromatic N) is 5. The monoisotopic (exact) mass is 821 g/mol. The van der Waals surface area contributed by atoms with Gasteiger partial charge in [0.05, 0.1) is 16.7 Å². The lowest BCUT2D eigenvalue weighted by molar-refractivity contribution is 1.02. The van der Waals surface area contributed by atoms with Crippen molar-refractivity contribution in [3.63, 3.8) is 0 Å². The SMILES string of the molecule is c1ccc(-c2ccc(-c3ccc(-c4nc(-c5ccc6ccccc6c5)nc(-c5cccc6c5Sc5cccc7c8c9ccccc9n(-c9ccccc9)c8n-6c57)n4)cc3)cc2)cc1. The minimum atomic E-state index is 0.628. The van der Waals surface area contributed by atoms with Crippen LogP contribution in [0.3, 0.4) is 0 Å². The zero-order chi connectivity index (χ0) is 41.4. The van der Waals surface area contributed by atoms with Gasteiger partial charge in [0.25, 0.3) is 0 Å². The lowest BCUT2D eigenvalue weighted by atomic mass is 9.99. The molecule has 0 saturated heterocycles. The van der Waals surface area contributed by atoms with Crippen LogP contribution in [0.4, 0.5) is 0 Å². The Bertz CT molecular complexity index is 3740. The van der Waals surface area contributed by atoms with Gasteiger partial charge < -0.3 is 0 Å². The Labute approximate surface area is 367 Å². The first-order valence-electron chi connectivity index (χ1n) is 21.2. The predicted molar refractivity (Wildman–Crippen MR) is 260 cm³/mol. The molecular formula is C57H35N5S. The summed E-state index contributed by atoms with van der Waals surface area (Å²) in [7, 11) is 0. The highest BCUT2D eigenvalue weighted by molar-refractivity contribution is 8.00. The van der Waals surface area contributed by atoms with Gasteiger partial charge >= 0.3 is 0 Å². The van der Waals surface area contributed by atoms with Crippen LogP contribution in [0.1, 0.15) is 0 Å². The lowest BCUT2D eigenvalue weighted by Gasteiger charge is -2.23. The number of para-hydroxylation sites is 3. The van der Waals surface area contributed by atoms with Gasteiger partial charge in [0, 0.05) is 48.3 Å². The summed E-state index contributed by atoms with van der Waals surface area (Å²) < 4.78 is 4.89. The van der Waals surface area contributed by atoms with Crippen molar-refractivity contribution >= 4 is 55.4 Å². The van der Waals surface area contributed by atoms with Crippen LogP contribution < -0.4 is 0 Å². The quantitative estimate of drug-likeness (QED) is 0.168. The lowest BCUT2D eigenvalue weighted by Crippen LogP contribution is -2.07. The number of benzene rings is 9. The number of hydrogen-bond acceptors (Lipinski definition) is 4. The molecule has 294 valence electrons. The van der Waals surface area contributed by atoms with Gasteiger partial charge in [-0.2, -0.15) is 0 Å². The van der Waals surface area contributed by atoms with E-state index in [-0.39, 0.29) is 0 Å². The Morgan fingerprint density at radius 3 is 1.71 bits per heavy atom. The molecular weight excluding hydrogens is 787 g/mol. The van der Waals surface area contributed by atoms with Crippen molar-refractivity contribution in [2.45, 2.75) is 9.79 Å². The minimum Gasteiger partial charge on any atom is -0.295 e. The van der Waals surface area contributed by atoms with Gasteiger partial charge in [-0.15, -0.1) is 0 Å². The molecule has 4 heterocycles. The number of rotatable bonds is 6. The second-order valence-electron chi connectivity index (χ2n) is 16.0. The fraction of sp³-hybridized carbons (Fsp3) is 0. The molecule has 13 rings (SSSR count). The molecule has 12 aromatic rings. The topological polar surface area (TPSA) is 48.5 Å². The van der Waals surface area contributed by atoms with E-state index in [0.29, 0.717) is 17.5 Å². The molecule has 9 aromatic carbocycles. The van der Waals surface area contributed by atoms with Crippen molar-refractivity contribution in [1.29, 1.82) is 0 Å². The second kappa shape index (κ2) is 14.3. The third-order valence-electron chi connectivity index (χ3n) is 12.4. The van der Waals surface area contributed by atoms with Gasteiger partial charge in [0.15, 0.2) is 17.5 Å². The fourth-order valence-corrected chi connectivity index (χ4v) is 10.6. The molecule has 3 aromatic heterocycles. The molecule has 0 fully saturated rings. The highest BCUT2D eigenvalue weighted by Gasteiger charge is 2.30. The highest BCUT2D eigenvalue weighted by atomic mass is 32.2. The summed E-state index contributed by atoms with van der Waals surface area (Å²) in [4.78, 5) is 18.1. The van der Waals surface area contributed by atoms with Gasteiger partial charge in [-0.3, -0.25) is 9.13 Å². The normalized spacial score (nSPS) is 12.1. The van der Waals surface area contributed by atoms with E-state index >= 15 is 0 Å². The van der Waals surface area contributed by atoms with Crippen LogP contribution in [0.25, 0.3) is 111 Å². The maximum absolute atomic E-state index is 5.32. The van der Waals surface area contributed by atoms with E-state index in [2.05, 4.69) is 221 Å². The summed E-state index contributed by atoms with van der Waals surface area (Å²) >= 11 is 1.80. The Morgan fingerprint density at radius 1 is 0.381 bits per heavy atom. The maximum atomic E-state index is 5.32. The Morgan fingerprint density at radius 2 is 0.952 bits per heavy atom. The maximum Gasteiger partial charge on any atom is 0.165 e. The summed E-state index contributed by atoms with van der Waals surface area (Å²) in [6.07, 6.45) is 0. The van der Waals surface area contributed by atoms with Crippen LogP contribution >= 0.6 is 11.8 Å². The molecule has 0 aliphatic carbocycles. The molecule has 0 unspecified atom stereocenters. The van der Waals surface area contributed by atoms with Crippen LogP contribution in [0, 0.1) is 0 Å². The Kier molecular flexibility index (Phi) is 8.08. The Balaban J connectivity index is 0.990. The largest absolute Gasteiger partial charge is 0.295 e. The van der Waals surface area contributed by atoms with Crippen molar-refractivity contribution in [2.75, 3.05) is 0 Å². The van der Waals surface area contributed by atoms with Gasteiger partial charge in [0.1, 0.15) is 5.65 Å². The summed E-state index contributed by atoms with van der Waals surface area (Å²) in [5.74, 6) is 1.90. The van der Waals surface area contributed by atoms with E-state index < -0.39 is 0 Å².